The first-order valence-electron chi connectivity index (χ1n) is 8.57. The number of anilines is 2. The molecule has 0 radical (unpaired) electrons. The van der Waals surface area contributed by atoms with Gasteiger partial charge in [-0.05, 0) is 47.7 Å². The van der Waals surface area contributed by atoms with Crippen molar-refractivity contribution in [1.82, 2.24) is 0 Å². The van der Waals surface area contributed by atoms with Gasteiger partial charge in [0, 0.05) is 35.6 Å². The number of nitro groups is 1. The highest BCUT2D eigenvalue weighted by Gasteiger charge is 2.26. The molecule has 1 aromatic heterocycles. The Morgan fingerprint density at radius 2 is 1.89 bits per heavy atom. The molecule has 0 unspecified atom stereocenters. The van der Waals surface area contributed by atoms with E-state index in [1.54, 1.807) is 23.1 Å². The van der Waals surface area contributed by atoms with Crippen LogP contribution in [0.3, 0.4) is 0 Å². The Bertz CT molecular complexity index is 1060. The van der Waals surface area contributed by atoms with Crippen molar-refractivity contribution in [3.63, 3.8) is 0 Å². The quantitative estimate of drug-likeness (QED) is 0.533. The number of amides is 2. The number of fused-ring (bicyclic) bond motifs is 1. The van der Waals surface area contributed by atoms with Gasteiger partial charge in [-0.2, -0.15) is 0 Å². The standard InChI is InChI=1S/C20H15N3O4S/c24-19(14-4-7-16(8-5-14)23(26)27)21-15-6-3-13-9-10-22(17(13)12-15)20(25)18-2-1-11-28-18/h1-8,11-12H,9-10H2,(H,21,24). The van der Waals surface area contributed by atoms with E-state index < -0.39 is 4.92 Å². The molecule has 0 saturated carbocycles. The second-order valence-corrected chi connectivity index (χ2v) is 7.23. The van der Waals surface area contributed by atoms with Gasteiger partial charge in [0.1, 0.15) is 0 Å². The zero-order valence-electron chi connectivity index (χ0n) is 14.6. The van der Waals surface area contributed by atoms with Crippen LogP contribution in [0.1, 0.15) is 25.6 Å². The molecule has 1 aliphatic rings. The average molecular weight is 393 g/mol. The van der Waals surface area contributed by atoms with Crippen LogP contribution < -0.4 is 10.2 Å². The number of carbonyl (C=O) groups is 2. The first-order valence-corrected chi connectivity index (χ1v) is 9.45. The third-order valence-corrected chi connectivity index (χ3v) is 5.41. The van der Waals surface area contributed by atoms with Crippen molar-refractivity contribution < 1.29 is 14.5 Å². The van der Waals surface area contributed by atoms with E-state index >= 15 is 0 Å². The molecular formula is C20H15N3O4S. The van der Waals surface area contributed by atoms with E-state index in [9.17, 15) is 19.7 Å². The van der Waals surface area contributed by atoms with Gasteiger partial charge in [-0.1, -0.05) is 12.1 Å². The summed E-state index contributed by atoms with van der Waals surface area (Å²) in [5.74, 6) is -0.420. The number of rotatable bonds is 4. The molecule has 2 aromatic carbocycles. The number of nitrogens with one attached hydrogen (secondary N) is 1. The highest BCUT2D eigenvalue weighted by molar-refractivity contribution is 7.12. The zero-order valence-corrected chi connectivity index (χ0v) is 15.4. The summed E-state index contributed by atoms with van der Waals surface area (Å²) < 4.78 is 0. The molecular weight excluding hydrogens is 378 g/mol. The summed E-state index contributed by atoms with van der Waals surface area (Å²) in [6, 6.07) is 14.5. The minimum Gasteiger partial charge on any atom is -0.322 e. The monoisotopic (exact) mass is 393 g/mol. The second-order valence-electron chi connectivity index (χ2n) is 6.29. The van der Waals surface area contributed by atoms with Gasteiger partial charge in [-0.25, -0.2) is 0 Å². The van der Waals surface area contributed by atoms with Crippen LogP contribution in [0.2, 0.25) is 0 Å². The van der Waals surface area contributed by atoms with Crippen molar-refractivity contribution >= 4 is 40.2 Å². The smallest absolute Gasteiger partial charge is 0.269 e. The molecule has 8 heteroatoms. The fourth-order valence-electron chi connectivity index (χ4n) is 3.14. The number of carbonyl (C=O) groups excluding carboxylic acids is 2. The van der Waals surface area contributed by atoms with E-state index in [-0.39, 0.29) is 17.5 Å². The lowest BCUT2D eigenvalue weighted by Gasteiger charge is -2.17. The predicted molar refractivity (Wildman–Crippen MR) is 107 cm³/mol. The maximum atomic E-state index is 12.7. The fourth-order valence-corrected chi connectivity index (χ4v) is 3.81. The van der Waals surface area contributed by atoms with E-state index in [1.165, 1.54) is 35.6 Å². The molecule has 140 valence electrons. The minimum absolute atomic E-state index is 0.0485. The molecule has 1 N–H and O–H groups in total. The van der Waals surface area contributed by atoms with Gasteiger partial charge in [0.25, 0.3) is 17.5 Å². The first-order chi connectivity index (χ1) is 13.5. The number of nitro benzene ring substituents is 1. The lowest BCUT2D eigenvalue weighted by molar-refractivity contribution is -0.384. The van der Waals surface area contributed by atoms with Gasteiger partial charge >= 0.3 is 0 Å². The molecule has 28 heavy (non-hydrogen) atoms. The molecule has 0 spiro atoms. The highest BCUT2D eigenvalue weighted by Crippen LogP contribution is 2.32. The highest BCUT2D eigenvalue weighted by atomic mass is 32.1. The Kier molecular flexibility index (Phi) is 4.62. The van der Waals surface area contributed by atoms with E-state index in [0.717, 1.165) is 17.7 Å². The predicted octanol–water partition coefficient (Wildman–Crippen LogP) is 4.11. The molecule has 7 nitrogen and oxygen atoms in total. The van der Waals surface area contributed by atoms with Crippen molar-refractivity contribution in [2.24, 2.45) is 0 Å². The van der Waals surface area contributed by atoms with Crippen LogP contribution >= 0.6 is 11.3 Å². The topological polar surface area (TPSA) is 92.6 Å². The van der Waals surface area contributed by atoms with E-state index in [0.29, 0.717) is 22.7 Å². The second kappa shape index (κ2) is 7.24. The molecule has 0 saturated heterocycles. The number of hydrogen-bond acceptors (Lipinski definition) is 5. The minimum atomic E-state index is -0.513. The fraction of sp³-hybridized carbons (Fsp3) is 0.100. The van der Waals surface area contributed by atoms with Gasteiger partial charge in [0.15, 0.2) is 0 Å². The lowest BCUT2D eigenvalue weighted by Crippen LogP contribution is -2.28. The molecule has 0 atom stereocenters. The Morgan fingerprint density at radius 1 is 1.11 bits per heavy atom. The van der Waals surface area contributed by atoms with E-state index in [1.807, 2.05) is 17.5 Å². The van der Waals surface area contributed by atoms with Crippen LogP contribution in [-0.4, -0.2) is 23.3 Å². The Balaban J connectivity index is 1.54. The average Bonchev–Trinajstić information content (AvgIpc) is 3.37. The largest absolute Gasteiger partial charge is 0.322 e. The van der Waals surface area contributed by atoms with Crippen molar-refractivity contribution in [1.29, 1.82) is 0 Å². The SMILES string of the molecule is O=C(Nc1ccc2c(c1)N(C(=O)c1cccs1)CC2)c1ccc([N+](=O)[O-])cc1. The normalized spacial score (nSPS) is 12.5. The van der Waals surface area contributed by atoms with Crippen LogP contribution in [0.5, 0.6) is 0 Å². The van der Waals surface area contributed by atoms with Gasteiger partial charge in [0.05, 0.1) is 9.80 Å². The van der Waals surface area contributed by atoms with Crippen molar-refractivity contribution in [2.45, 2.75) is 6.42 Å². The third-order valence-electron chi connectivity index (χ3n) is 4.56. The van der Waals surface area contributed by atoms with Crippen molar-refractivity contribution in [2.75, 3.05) is 16.8 Å². The number of thiophene rings is 1. The zero-order chi connectivity index (χ0) is 19.7. The molecule has 2 amide bonds. The Hall–Kier alpha value is -3.52. The summed E-state index contributed by atoms with van der Waals surface area (Å²) in [6.45, 7) is 0.603. The summed E-state index contributed by atoms with van der Waals surface area (Å²) in [5.41, 5.74) is 2.65. The number of hydrogen-bond donors (Lipinski definition) is 1. The van der Waals surface area contributed by atoms with Crippen LogP contribution in [0.15, 0.2) is 60.0 Å². The van der Waals surface area contributed by atoms with E-state index in [2.05, 4.69) is 5.32 Å². The summed E-state index contributed by atoms with van der Waals surface area (Å²) in [6.07, 6.45) is 0.767. The molecule has 0 bridgehead atoms. The number of nitrogens with zero attached hydrogens (tertiary/aromatic N) is 2. The van der Waals surface area contributed by atoms with E-state index in [4.69, 9.17) is 0 Å². The third kappa shape index (κ3) is 3.37. The maximum absolute atomic E-state index is 12.7. The van der Waals surface area contributed by atoms with Crippen LogP contribution in [0.25, 0.3) is 0 Å². The van der Waals surface area contributed by atoms with Crippen molar-refractivity contribution in [3.8, 4) is 0 Å². The molecule has 4 rings (SSSR count). The molecule has 1 aliphatic heterocycles. The Labute approximate surface area is 164 Å². The summed E-state index contributed by atoms with van der Waals surface area (Å²) in [4.78, 5) is 37.8. The van der Waals surface area contributed by atoms with Gasteiger partial charge in [-0.3, -0.25) is 19.7 Å². The van der Waals surface area contributed by atoms with Gasteiger partial charge in [0.2, 0.25) is 0 Å². The van der Waals surface area contributed by atoms with Gasteiger partial charge in [-0.15, -0.1) is 11.3 Å². The van der Waals surface area contributed by atoms with Crippen LogP contribution in [0.4, 0.5) is 17.1 Å². The Morgan fingerprint density at radius 3 is 2.57 bits per heavy atom. The molecule has 0 fully saturated rings. The first kappa shape index (κ1) is 17.9. The molecule has 0 aliphatic carbocycles. The van der Waals surface area contributed by atoms with Gasteiger partial charge < -0.3 is 10.2 Å². The van der Waals surface area contributed by atoms with Crippen molar-refractivity contribution in [3.05, 3.63) is 86.1 Å². The number of benzene rings is 2. The maximum Gasteiger partial charge on any atom is 0.269 e. The summed E-state index contributed by atoms with van der Waals surface area (Å²) >= 11 is 1.40. The molecule has 2 heterocycles. The summed E-state index contributed by atoms with van der Waals surface area (Å²) in [7, 11) is 0. The molecule has 3 aromatic rings. The lowest BCUT2D eigenvalue weighted by atomic mass is 10.1. The summed E-state index contributed by atoms with van der Waals surface area (Å²) in [5, 5.41) is 15.4. The number of non-ortho nitro benzene ring substituents is 1. The van der Waals surface area contributed by atoms with Crippen LogP contribution in [-0.2, 0) is 6.42 Å². The van der Waals surface area contributed by atoms with Crippen LogP contribution in [0, 0.1) is 10.1 Å².